The number of carbonyl (C=O) groups is 1. The standard InChI is InChI=1S/C17H31NO/c1-2-3-13(8-9-18)5-7-17(19)12-16-11-14-4-6-15(16)10-14/h13-16H,2-12,18H2,1H3. The molecule has 2 rings (SSSR count). The van der Waals surface area contributed by atoms with E-state index in [1.54, 1.807) is 0 Å². The van der Waals surface area contributed by atoms with Gasteiger partial charge in [0.2, 0.25) is 0 Å². The number of hydrogen-bond donors (Lipinski definition) is 1. The van der Waals surface area contributed by atoms with Gasteiger partial charge in [0.15, 0.2) is 0 Å². The first-order chi connectivity index (χ1) is 9.22. The normalized spacial score (nSPS) is 30.7. The molecule has 0 aromatic rings. The Bertz CT molecular complexity index is 283. The molecular formula is C17H31NO. The summed E-state index contributed by atoms with van der Waals surface area (Å²) < 4.78 is 0. The van der Waals surface area contributed by atoms with Crippen molar-refractivity contribution in [3.05, 3.63) is 0 Å². The lowest BCUT2D eigenvalue weighted by atomic mass is 9.84. The van der Waals surface area contributed by atoms with Crippen LogP contribution in [-0.2, 0) is 4.79 Å². The van der Waals surface area contributed by atoms with E-state index < -0.39 is 0 Å². The minimum absolute atomic E-state index is 0.524. The molecule has 0 aromatic heterocycles. The Balaban J connectivity index is 1.66. The highest BCUT2D eigenvalue weighted by Crippen LogP contribution is 2.49. The molecule has 0 heterocycles. The minimum atomic E-state index is 0.524. The average molecular weight is 265 g/mol. The van der Waals surface area contributed by atoms with Crippen LogP contribution >= 0.6 is 0 Å². The topological polar surface area (TPSA) is 43.1 Å². The molecule has 4 unspecified atom stereocenters. The molecule has 2 nitrogen and oxygen atoms in total. The van der Waals surface area contributed by atoms with Crippen molar-refractivity contribution in [2.45, 2.75) is 71.1 Å². The first kappa shape index (κ1) is 15.0. The molecule has 2 heteroatoms. The molecule has 0 saturated heterocycles. The smallest absolute Gasteiger partial charge is 0.133 e. The van der Waals surface area contributed by atoms with Crippen molar-refractivity contribution < 1.29 is 4.79 Å². The Morgan fingerprint density at radius 1 is 1.21 bits per heavy atom. The summed E-state index contributed by atoms with van der Waals surface area (Å²) in [5.74, 6) is 3.80. The quantitative estimate of drug-likeness (QED) is 0.686. The number of nitrogens with two attached hydrogens (primary N) is 1. The molecule has 0 aromatic carbocycles. The molecule has 2 saturated carbocycles. The number of carbonyl (C=O) groups excluding carboxylic acids is 1. The lowest BCUT2D eigenvalue weighted by Crippen LogP contribution is -2.16. The van der Waals surface area contributed by atoms with Gasteiger partial charge in [-0.2, -0.15) is 0 Å². The van der Waals surface area contributed by atoms with Crippen LogP contribution in [0.15, 0.2) is 0 Å². The summed E-state index contributed by atoms with van der Waals surface area (Å²) in [6.45, 7) is 2.99. The van der Waals surface area contributed by atoms with Crippen LogP contribution in [0.3, 0.4) is 0 Å². The lowest BCUT2D eigenvalue weighted by molar-refractivity contribution is -0.120. The molecule has 2 aliphatic carbocycles. The fourth-order valence-electron chi connectivity index (χ4n) is 4.46. The molecular weight excluding hydrogens is 234 g/mol. The molecule has 0 amide bonds. The van der Waals surface area contributed by atoms with E-state index in [9.17, 15) is 4.79 Å². The Hall–Kier alpha value is -0.370. The van der Waals surface area contributed by atoms with Crippen LogP contribution < -0.4 is 5.73 Å². The second kappa shape index (κ2) is 7.42. The van der Waals surface area contributed by atoms with Gasteiger partial charge in [-0.15, -0.1) is 0 Å². The molecule has 0 aliphatic heterocycles. The number of ketones is 1. The summed E-state index contributed by atoms with van der Waals surface area (Å²) in [7, 11) is 0. The van der Waals surface area contributed by atoms with Gasteiger partial charge in [-0.25, -0.2) is 0 Å². The first-order valence-corrected chi connectivity index (χ1v) is 8.44. The zero-order chi connectivity index (χ0) is 13.7. The van der Waals surface area contributed by atoms with Crippen molar-refractivity contribution in [2.75, 3.05) is 6.54 Å². The molecule has 0 spiro atoms. The van der Waals surface area contributed by atoms with Crippen molar-refractivity contribution in [1.82, 2.24) is 0 Å². The van der Waals surface area contributed by atoms with Gasteiger partial charge in [-0.1, -0.05) is 26.2 Å². The highest BCUT2D eigenvalue weighted by Gasteiger charge is 2.39. The number of rotatable bonds is 9. The van der Waals surface area contributed by atoms with Crippen molar-refractivity contribution in [3.63, 3.8) is 0 Å². The minimum Gasteiger partial charge on any atom is -0.330 e. The van der Waals surface area contributed by atoms with Crippen LogP contribution in [0, 0.1) is 23.7 Å². The monoisotopic (exact) mass is 265 g/mol. The summed E-state index contributed by atoms with van der Waals surface area (Å²) in [6, 6.07) is 0. The van der Waals surface area contributed by atoms with E-state index in [1.165, 1.54) is 38.5 Å². The third-order valence-corrected chi connectivity index (χ3v) is 5.48. The maximum atomic E-state index is 12.2. The van der Waals surface area contributed by atoms with Crippen LogP contribution in [0.2, 0.25) is 0 Å². The van der Waals surface area contributed by atoms with Crippen LogP contribution in [0.4, 0.5) is 0 Å². The Morgan fingerprint density at radius 3 is 2.63 bits per heavy atom. The van der Waals surface area contributed by atoms with Crippen molar-refractivity contribution in [3.8, 4) is 0 Å². The van der Waals surface area contributed by atoms with E-state index in [0.29, 0.717) is 11.7 Å². The predicted octanol–water partition coefficient (Wildman–Crippen LogP) is 3.93. The average Bonchev–Trinajstić information content (AvgIpc) is 2.99. The highest BCUT2D eigenvalue weighted by atomic mass is 16.1. The number of Topliss-reactive ketones (excluding diaryl/α,β-unsaturated/α-hetero) is 1. The molecule has 2 bridgehead atoms. The predicted molar refractivity (Wildman–Crippen MR) is 79.9 cm³/mol. The fourth-order valence-corrected chi connectivity index (χ4v) is 4.46. The van der Waals surface area contributed by atoms with Crippen molar-refractivity contribution in [2.24, 2.45) is 29.4 Å². The molecule has 2 N–H and O–H groups in total. The van der Waals surface area contributed by atoms with E-state index in [2.05, 4.69) is 6.92 Å². The van der Waals surface area contributed by atoms with Crippen LogP contribution in [0.1, 0.15) is 71.1 Å². The van der Waals surface area contributed by atoms with E-state index in [1.807, 2.05) is 0 Å². The van der Waals surface area contributed by atoms with Gasteiger partial charge in [0, 0.05) is 12.8 Å². The van der Waals surface area contributed by atoms with Gasteiger partial charge >= 0.3 is 0 Å². The van der Waals surface area contributed by atoms with E-state index in [4.69, 9.17) is 5.73 Å². The zero-order valence-electron chi connectivity index (χ0n) is 12.6. The Morgan fingerprint density at radius 2 is 2.05 bits per heavy atom. The van der Waals surface area contributed by atoms with Gasteiger partial charge in [0.1, 0.15) is 5.78 Å². The number of hydrogen-bond acceptors (Lipinski definition) is 2. The summed E-state index contributed by atoms with van der Waals surface area (Å²) in [5, 5.41) is 0. The van der Waals surface area contributed by atoms with Crippen molar-refractivity contribution in [1.29, 1.82) is 0 Å². The summed E-state index contributed by atoms with van der Waals surface area (Å²) in [5.41, 5.74) is 5.65. The van der Waals surface area contributed by atoms with Crippen molar-refractivity contribution >= 4 is 5.78 Å². The summed E-state index contributed by atoms with van der Waals surface area (Å²) in [4.78, 5) is 12.2. The van der Waals surface area contributed by atoms with Gasteiger partial charge < -0.3 is 5.73 Å². The Labute approximate surface area is 118 Å². The summed E-state index contributed by atoms with van der Waals surface area (Å²) >= 11 is 0. The molecule has 4 atom stereocenters. The van der Waals surface area contributed by atoms with Gasteiger partial charge in [0.05, 0.1) is 0 Å². The van der Waals surface area contributed by atoms with E-state index in [-0.39, 0.29) is 0 Å². The highest BCUT2D eigenvalue weighted by molar-refractivity contribution is 5.78. The first-order valence-electron chi connectivity index (χ1n) is 8.44. The van der Waals surface area contributed by atoms with E-state index >= 15 is 0 Å². The van der Waals surface area contributed by atoms with Gasteiger partial charge in [-0.05, 0) is 62.3 Å². The molecule has 19 heavy (non-hydrogen) atoms. The second-order valence-electron chi connectivity index (χ2n) is 6.95. The number of fused-ring (bicyclic) bond motifs is 2. The molecule has 110 valence electrons. The molecule has 0 radical (unpaired) electrons. The second-order valence-corrected chi connectivity index (χ2v) is 6.95. The van der Waals surface area contributed by atoms with Gasteiger partial charge in [0.25, 0.3) is 0 Å². The summed E-state index contributed by atoms with van der Waals surface area (Å²) in [6.07, 6.45) is 11.9. The van der Waals surface area contributed by atoms with E-state index in [0.717, 1.165) is 50.0 Å². The maximum Gasteiger partial charge on any atom is 0.133 e. The lowest BCUT2D eigenvalue weighted by Gasteiger charge is -2.21. The third-order valence-electron chi connectivity index (χ3n) is 5.48. The third kappa shape index (κ3) is 4.30. The Kier molecular flexibility index (Phi) is 5.87. The largest absolute Gasteiger partial charge is 0.330 e. The SMILES string of the molecule is CCCC(CCN)CCC(=O)CC1CC2CCC1C2. The van der Waals surface area contributed by atoms with Crippen LogP contribution in [0.5, 0.6) is 0 Å². The van der Waals surface area contributed by atoms with Gasteiger partial charge in [-0.3, -0.25) is 4.79 Å². The fraction of sp³-hybridized carbons (Fsp3) is 0.941. The zero-order valence-corrected chi connectivity index (χ0v) is 12.6. The molecule has 2 aliphatic rings. The molecule has 2 fully saturated rings. The maximum absolute atomic E-state index is 12.2. The van der Waals surface area contributed by atoms with Crippen LogP contribution in [0.25, 0.3) is 0 Å². The van der Waals surface area contributed by atoms with Crippen LogP contribution in [-0.4, -0.2) is 12.3 Å².